The molecule has 2 unspecified atom stereocenters. The van der Waals surface area contributed by atoms with E-state index in [1.807, 2.05) is 6.21 Å². The summed E-state index contributed by atoms with van der Waals surface area (Å²) >= 11 is 0. The largest absolute Gasteiger partial charge is 0.411 e. The Hall–Kier alpha value is -0.530. The standard InChI is InChI=1S/C28H49NO/c1-19(2)7-6-8-20(3)24-11-12-25-23-10-9-22-17-21(18-29-30)13-15-27(22,4)26(23)14-16-28(24,25)5/h18-26,30H,6-17H2,1-5H3/t20-,21?,22?,23+,24-,25+,26+,27+,28-/m1/s1. The predicted octanol–water partition coefficient (Wildman–Crippen LogP) is 8.18. The molecule has 4 saturated carbocycles. The van der Waals surface area contributed by atoms with E-state index < -0.39 is 0 Å². The molecule has 4 rings (SSSR count). The average Bonchev–Trinajstić information content (AvgIpc) is 3.05. The van der Waals surface area contributed by atoms with Crippen LogP contribution in [0.4, 0.5) is 0 Å². The molecule has 0 aliphatic heterocycles. The van der Waals surface area contributed by atoms with Gasteiger partial charge in [0.1, 0.15) is 0 Å². The minimum absolute atomic E-state index is 0.515. The van der Waals surface area contributed by atoms with Crippen LogP contribution in [0.15, 0.2) is 5.16 Å². The van der Waals surface area contributed by atoms with Gasteiger partial charge in [-0.3, -0.25) is 0 Å². The lowest BCUT2D eigenvalue weighted by Crippen LogP contribution is -2.53. The summed E-state index contributed by atoms with van der Waals surface area (Å²) in [5.41, 5.74) is 1.16. The van der Waals surface area contributed by atoms with Gasteiger partial charge in [0.15, 0.2) is 0 Å². The van der Waals surface area contributed by atoms with Gasteiger partial charge in [-0.05, 0) is 116 Å². The van der Waals surface area contributed by atoms with Crippen LogP contribution in [0.1, 0.15) is 112 Å². The molecule has 0 amide bonds. The molecule has 0 aromatic carbocycles. The maximum absolute atomic E-state index is 9.02. The summed E-state index contributed by atoms with van der Waals surface area (Å²) in [6.07, 6.45) is 18.9. The fraction of sp³-hybridized carbons (Fsp3) is 0.964. The smallest absolute Gasteiger partial charge is 0.0466 e. The van der Waals surface area contributed by atoms with E-state index in [1.165, 1.54) is 77.0 Å². The van der Waals surface area contributed by atoms with E-state index in [4.69, 9.17) is 5.21 Å². The fourth-order valence-corrected chi connectivity index (χ4v) is 9.55. The van der Waals surface area contributed by atoms with Gasteiger partial charge in [-0.25, -0.2) is 0 Å². The van der Waals surface area contributed by atoms with E-state index in [1.54, 1.807) is 0 Å². The lowest BCUT2D eigenvalue weighted by atomic mass is 9.44. The molecule has 2 nitrogen and oxygen atoms in total. The molecule has 4 fully saturated rings. The van der Waals surface area contributed by atoms with Crippen molar-refractivity contribution in [3.8, 4) is 0 Å². The monoisotopic (exact) mass is 415 g/mol. The van der Waals surface area contributed by atoms with Crippen molar-refractivity contribution < 1.29 is 5.21 Å². The van der Waals surface area contributed by atoms with E-state index in [0.29, 0.717) is 16.7 Å². The van der Waals surface area contributed by atoms with Crippen molar-refractivity contribution in [2.45, 2.75) is 112 Å². The third kappa shape index (κ3) is 3.88. The lowest BCUT2D eigenvalue weighted by Gasteiger charge is -2.61. The van der Waals surface area contributed by atoms with Gasteiger partial charge in [0, 0.05) is 6.21 Å². The zero-order chi connectivity index (χ0) is 21.5. The molecule has 2 heteroatoms. The highest BCUT2D eigenvalue weighted by Crippen LogP contribution is 2.68. The maximum atomic E-state index is 9.02. The summed E-state index contributed by atoms with van der Waals surface area (Å²) in [7, 11) is 0. The maximum Gasteiger partial charge on any atom is 0.0466 e. The highest BCUT2D eigenvalue weighted by Gasteiger charge is 2.60. The van der Waals surface area contributed by atoms with Crippen molar-refractivity contribution in [1.82, 2.24) is 0 Å². The normalized spacial score (nSPS) is 47.1. The minimum Gasteiger partial charge on any atom is -0.411 e. The molecule has 1 N–H and O–H groups in total. The Morgan fingerprint density at radius 1 is 0.900 bits per heavy atom. The summed E-state index contributed by atoms with van der Waals surface area (Å²) in [6, 6.07) is 0. The van der Waals surface area contributed by atoms with E-state index in [9.17, 15) is 0 Å². The van der Waals surface area contributed by atoms with Crippen LogP contribution >= 0.6 is 0 Å². The second-order valence-electron chi connectivity index (χ2n) is 13.0. The SMILES string of the molecule is CC(C)CCC[C@@H](C)[C@H]1CC[C@H]2[C@@H]3CCC4CC(C=NO)CC[C@]4(C)[C@H]3CC[C@]12C. The zero-order valence-electron chi connectivity index (χ0n) is 20.6. The van der Waals surface area contributed by atoms with Crippen LogP contribution in [0.25, 0.3) is 0 Å². The van der Waals surface area contributed by atoms with Crippen molar-refractivity contribution >= 4 is 6.21 Å². The van der Waals surface area contributed by atoms with E-state index in [2.05, 4.69) is 39.8 Å². The summed E-state index contributed by atoms with van der Waals surface area (Å²) < 4.78 is 0. The highest BCUT2D eigenvalue weighted by atomic mass is 16.4. The van der Waals surface area contributed by atoms with Gasteiger partial charge in [-0.15, -0.1) is 5.16 Å². The van der Waals surface area contributed by atoms with Crippen molar-refractivity contribution in [1.29, 1.82) is 0 Å². The first kappa shape index (κ1) is 22.7. The average molecular weight is 416 g/mol. The third-order valence-corrected chi connectivity index (χ3v) is 11.2. The Balaban J connectivity index is 1.45. The summed E-state index contributed by atoms with van der Waals surface area (Å²) in [4.78, 5) is 0. The van der Waals surface area contributed by atoms with Gasteiger partial charge in [0.25, 0.3) is 0 Å². The molecular formula is C28H49NO. The number of rotatable bonds is 6. The predicted molar refractivity (Wildman–Crippen MR) is 127 cm³/mol. The minimum atomic E-state index is 0.515. The van der Waals surface area contributed by atoms with Crippen molar-refractivity contribution in [2.24, 2.45) is 63.3 Å². The molecule has 0 bridgehead atoms. The lowest BCUT2D eigenvalue weighted by molar-refractivity contribution is -0.117. The van der Waals surface area contributed by atoms with Crippen LogP contribution in [0.2, 0.25) is 0 Å². The summed E-state index contributed by atoms with van der Waals surface area (Å²) in [5, 5.41) is 12.4. The van der Waals surface area contributed by atoms with Crippen LogP contribution in [-0.4, -0.2) is 11.4 Å². The molecular weight excluding hydrogens is 366 g/mol. The highest BCUT2D eigenvalue weighted by molar-refractivity contribution is 5.60. The molecule has 0 aromatic heterocycles. The van der Waals surface area contributed by atoms with E-state index in [-0.39, 0.29) is 0 Å². The Labute approximate surface area is 186 Å². The Bertz CT molecular complexity index is 614. The number of nitrogens with zero attached hydrogens (tertiary/aromatic N) is 1. The van der Waals surface area contributed by atoms with Crippen LogP contribution in [-0.2, 0) is 0 Å². The van der Waals surface area contributed by atoms with E-state index in [0.717, 1.165) is 41.4 Å². The molecule has 4 aliphatic carbocycles. The molecule has 172 valence electrons. The van der Waals surface area contributed by atoms with Crippen LogP contribution in [0.5, 0.6) is 0 Å². The number of hydrogen-bond acceptors (Lipinski definition) is 2. The molecule has 0 heterocycles. The van der Waals surface area contributed by atoms with Crippen molar-refractivity contribution in [2.75, 3.05) is 0 Å². The van der Waals surface area contributed by atoms with Crippen molar-refractivity contribution in [3.05, 3.63) is 0 Å². The van der Waals surface area contributed by atoms with Gasteiger partial charge in [-0.1, -0.05) is 53.9 Å². The Morgan fingerprint density at radius 2 is 1.63 bits per heavy atom. The fourth-order valence-electron chi connectivity index (χ4n) is 9.55. The third-order valence-electron chi connectivity index (χ3n) is 11.2. The topological polar surface area (TPSA) is 32.6 Å². The zero-order valence-corrected chi connectivity index (χ0v) is 20.6. The Morgan fingerprint density at radius 3 is 2.37 bits per heavy atom. The van der Waals surface area contributed by atoms with Crippen LogP contribution in [0, 0.1) is 58.2 Å². The molecule has 30 heavy (non-hydrogen) atoms. The number of hydrogen-bond donors (Lipinski definition) is 1. The second-order valence-corrected chi connectivity index (χ2v) is 13.0. The summed E-state index contributed by atoms with van der Waals surface area (Å²) in [5.74, 6) is 7.04. The van der Waals surface area contributed by atoms with Crippen LogP contribution < -0.4 is 0 Å². The van der Waals surface area contributed by atoms with Crippen molar-refractivity contribution in [3.63, 3.8) is 0 Å². The van der Waals surface area contributed by atoms with Gasteiger partial charge in [0.05, 0.1) is 0 Å². The molecule has 0 saturated heterocycles. The first-order valence-corrected chi connectivity index (χ1v) is 13.5. The van der Waals surface area contributed by atoms with Crippen LogP contribution in [0.3, 0.4) is 0 Å². The first-order chi connectivity index (χ1) is 14.3. The molecule has 0 radical (unpaired) electrons. The number of fused-ring (bicyclic) bond motifs is 5. The van der Waals surface area contributed by atoms with Gasteiger partial charge < -0.3 is 5.21 Å². The quantitative estimate of drug-likeness (QED) is 0.265. The summed E-state index contributed by atoms with van der Waals surface area (Å²) in [6.45, 7) is 12.7. The van der Waals surface area contributed by atoms with Gasteiger partial charge in [-0.2, -0.15) is 0 Å². The molecule has 0 aromatic rings. The van der Waals surface area contributed by atoms with E-state index >= 15 is 0 Å². The molecule has 9 atom stereocenters. The number of oxime groups is 1. The first-order valence-electron chi connectivity index (χ1n) is 13.5. The molecule has 4 aliphatic rings. The second kappa shape index (κ2) is 8.78. The molecule has 0 spiro atoms. The van der Waals surface area contributed by atoms with Gasteiger partial charge >= 0.3 is 0 Å². The van der Waals surface area contributed by atoms with Gasteiger partial charge in [0.2, 0.25) is 0 Å². The Kier molecular flexibility index (Phi) is 6.63.